The molecule has 4 aromatic rings. The van der Waals surface area contributed by atoms with Crippen LogP contribution in [0, 0.1) is 0 Å². The van der Waals surface area contributed by atoms with E-state index in [1.54, 1.807) is 31.4 Å². The highest BCUT2D eigenvalue weighted by Gasteiger charge is 2.19. The molecule has 0 saturated heterocycles. The third-order valence-electron chi connectivity index (χ3n) is 4.32. The van der Waals surface area contributed by atoms with Gasteiger partial charge in [-0.3, -0.25) is 4.72 Å². The van der Waals surface area contributed by atoms with E-state index in [1.165, 1.54) is 6.33 Å². The molecule has 0 radical (unpaired) electrons. The van der Waals surface area contributed by atoms with E-state index in [9.17, 15) is 8.42 Å². The summed E-state index contributed by atoms with van der Waals surface area (Å²) < 4.78 is 38.6. The lowest BCUT2D eigenvalue weighted by Crippen LogP contribution is -2.12. The van der Waals surface area contributed by atoms with Gasteiger partial charge in [-0.2, -0.15) is 4.37 Å². The number of aromatic nitrogens is 3. The Morgan fingerprint density at radius 1 is 1.18 bits per heavy atom. The molecule has 0 saturated carbocycles. The fraction of sp³-hybridized carbons (Fsp3) is 0.111. The van der Waals surface area contributed by atoms with Crippen LogP contribution < -0.4 is 9.46 Å². The van der Waals surface area contributed by atoms with Crippen LogP contribution in [0.3, 0.4) is 0 Å². The minimum Gasteiger partial charge on any atom is -0.497 e. The summed E-state index contributed by atoms with van der Waals surface area (Å²) in [6.07, 6.45) is 3.22. The third kappa shape index (κ3) is 3.32. The molecule has 1 N–H and O–H groups in total. The number of anilines is 1. The summed E-state index contributed by atoms with van der Waals surface area (Å²) in [5, 5.41) is 1.67. The number of hydrogen-bond acceptors (Lipinski definition) is 6. The number of sulfonamides is 1. The van der Waals surface area contributed by atoms with Gasteiger partial charge in [-0.15, -0.1) is 0 Å². The van der Waals surface area contributed by atoms with Crippen molar-refractivity contribution in [2.24, 2.45) is 7.05 Å². The van der Waals surface area contributed by atoms with Crippen molar-refractivity contribution in [1.82, 2.24) is 13.9 Å². The van der Waals surface area contributed by atoms with E-state index in [2.05, 4.69) is 14.1 Å². The first-order chi connectivity index (χ1) is 13.4. The van der Waals surface area contributed by atoms with Gasteiger partial charge >= 0.3 is 0 Å². The van der Waals surface area contributed by atoms with E-state index in [1.807, 2.05) is 29.9 Å². The molecule has 0 amide bonds. The lowest BCUT2D eigenvalue weighted by Gasteiger charge is -2.07. The fourth-order valence-electron chi connectivity index (χ4n) is 2.98. The Morgan fingerprint density at radius 2 is 2.00 bits per heavy atom. The maximum atomic E-state index is 12.6. The predicted molar refractivity (Wildman–Crippen MR) is 111 cm³/mol. The number of nitrogens with zero attached hydrogens (tertiary/aromatic N) is 3. The van der Waals surface area contributed by atoms with Crippen LogP contribution in [-0.2, 0) is 17.1 Å². The number of rotatable bonds is 5. The molecule has 0 spiro atoms. The van der Waals surface area contributed by atoms with E-state index >= 15 is 0 Å². The maximum absolute atomic E-state index is 12.6. The minimum atomic E-state index is -3.76. The number of nitrogens with one attached hydrogen (secondary N) is 1. The lowest BCUT2D eigenvalue weighted by molar-refractivity contribution is 0.415. The number of fused-ring (bicyclic) bond motifs is 1. The average Bonchev–Trinajstić information content (AvgIpc) is 3.29. The Kier molecular flexibility index (Phi) is 4.74. The van der Waals surface area contributed by atoms with Gasteiger partial charge in [-0.25, -0.2) is 13.4 Å². The Hall–Kier alpha value is -2.62. The van der Waals surface area contributed by atoms with Crippen molar-refractivity contribution >= 4 is 49.2 Å². The monoisotopic (exact) mass is 434 g/mol. The smallest absolute Gasteiger partial charge is 0.263 e. The van der Waals surface area contributed by atoms with Crippen LogP contribution in [0.5, 0.6) is 5.75 Å². The molecule has 0 fully saturated rings. The van der Waals surface area contributed by atoms with E-state index in [0.29, 0.717) is 10.8 Å². The normalized spacial score (nSPS) is 11.7. The van der Waals surface area contributed by atoms with Gasteiger partial charge in [0.1, 0.15) is 12.1 Å². The summed E-state index contributed by atoms with van der Waals surface area (Å²) in [4.78, 5) is 4.00. The predicted octanol–water partition coefficient (Wildman–Crippen LogP) is 4.16. The van der Waals surface area contributed by atoms with Crippen LogP contribution in [0.15, 0.2) is 53.8 Å². The van der Waals surface area contributed by atoms with E-state index in [0.717, 1.165) is 33.6 Å². The average molecular weight is 435 g/mol. The molecule has 2 aromatic heterocycles. The molecule has 2 heterocycles. The molecule has 7 nitrogen and oxygen atoms in total. The third-order valence-corrected chi connectivity index (χ3v) is 6.68. The summed E-state index contributed by atoms with van der Waals surface area (Å²) in [5.41, 5.74) is 2.52. The number of ether oxygens (including phenoxy) is 1. The summed E-state index contributed by atoms with van der Waals surface area (Å²) >= 11 is 7.40. The van der Waals surface area contributed by atoms with Crippen LogP contribution in [0.2, 0.25) is 5.02 Å². The summed E-state index contributed by atoms with van der Waals surface area (Å²) in [7, 11) is -0.319. The van der Waals surface area contributed by atoms with Crippen LogP contribution in [0.4, 0.5) is 5.13 Å². The van der Waals surface area contributed by atoms with Crippen molar-refractivity contribution < 1.29 is 13.2 Å². The summed E-state index contributed by atoms with van der Waals surface area (Å²) in [5.74, 6) is 0.671. The number of methoxy groups -OCH3 is 1. The highest BCUT2D eigenvalue weighted by atomic mass is 35.5. The largest absolute Gasteiger partial charge is 0.497 e. The van der Waals surface area contributed by atoms with Crippen LogP contribution in [0.25, 0.3) is 22.0 Å². The SMILES string of the molecule is COc1ccc(-c2cn(C)c3cc(S(=O)(=O)Nc4ncns4)ccc23)c(Cl)c1. The molecule has 28 heavy (non-hydrogen) atoms. The zero-order chi connectivity index (χ0) is 19.9. The maximum Gasteiger partial charge on any atom is 0.263 e. The molecule has 0 aliphatic carbocycles. The molecule has 0 aliphatic heterocycles. The number of hydrogen-bond donors (Lipinski definition) is 1. The summed E-state index contributed by atoms with van der Waals surface area (Å²) in [6.45, 7) is 0. The number of benzene rings is 2. The van der Waals surface area contributed by atoms with Crippen molar-refractivity contribution in [1.29, 1.82) is 0 Å². The molecule has 10 heteroatoms. The minimum absolute atomic E-state index is 0.142. The Balaban J connectivity index is 1.79. The van der Waals surface area contributed by atoms with Crippen molar-refractivity contribution in [2.75, 3.05) is 11.8 Å². The number of aryl methyl sites for hydroxylation is 1. The van der Waals surface area contributed by atoms with Gasteiger partial charge in [0.25, 0.3) is 10.0 Å². The Labute approximate surface area is 170 Å². The van der Waals surface area contributed by atoms with Gasteiger partial charge in [-0.1, -0.05) is 17.7 Å². The van der Waals surface area contributed by atoms with Crippen molar-refractivity contribution in [3.05, 3.63) is 53.9 Å². The Morgan fingerprint density at radius 3 is 2.68 bits per heavy atom. The van der Waals surface area contributed by atoms with Crippen LogP contribution >= 0.6 is 23.1 Å². The highest BCUT2D eigenvalue weighted by molar-refractivity contribution is 7.93. The topological polar surface area (TPSA) is 86.1 Å². The van der Waals surface area contributed by atoms with Gasteiger partial charge in [0.2, 0.25) is 5.13 Å². The van der Waals surface area contributed by atoms with Crippen molar-refractivity contribution in [3.8, 4) is 16.9 Å². The Bertz CT molecular complexity index is 1270. The second-order valence-electron chi connectivity index (χ2n) is 6.03. The number of halogens is 1. The molecular weight excluding hydrogens is 420 g/mol. The molecule has 4 rings (SSSR count). The molecule has 0 bridgehead atoms. The first kappa shape index (κ1) is 18.7. The second-order valence-corrected chi connectivity index (χ2v) is 8.90. The quantitative estimate of drug-likeness (QED) is 0.509. The van der Waals surface area contributed by atoms with Gasteiger partial charge in [-0.05, 0) is 30.3 Å². The molecule has 0 aliphatic rings. The highest BCUT2D eigenvalue weighted by Crippen LogP contribution is 2.37. The van der Waals surface area contributed by atoms with Crippen LogP contribution in [-0.4, -0.2) is 29.5 Å². The standard InChI is InChI=1S/C18H15ClN4O3S2/c1-23-9-15(13-5-3-11(26-2)7-16(13)19)14-6-4-12(8-17(14)23)28(24,25)22-18-20-10-21-27-18/h3-10H,1-2H3,(H,20,21,22). The second kappa shape index (κ2) is 7.08. The first-order valence-electron chi connectivity index (χ1n) is 8.11. The van der Waals surface area contributed by atoms with Crippen molar-refractivity contribution in [3.63, 3.8) is 0 Å². The van der Waals surface area contributed by atoms with Gasteiger partial charge in [0.15, 0.2) is 0 Å². The lowest BCUT2D eigenvalue weighted by atomic mass is 10.0. The van der Waals surface area contributed by atoms with E-state index in [4.69, 9.17) is 16.3 Å². The van der Waals surface area contributed by atoms with Gasteiger partial charge in [0.05, 0.1) is 17.0 Å². The van der Waals surface area contributed by atoms with Gasteiger partial charge < -0.3 is 9.30 Å². The van der Waals surface area contributed by atoms with Gasteiger partial charge in [0, 0.05) is 46.8 Å². The molecular formula is C18H15ClN4O3S2. The molecule has 144 valence electrons. The van der Waals surface area contributed by atoms with Crippen molar-refractivity contribution in [2.45, 2.75) is 4.90 Å². The zero-order valence-electron chi connectivity index (χ0n) is 14.9. The summed E-state index contributed by atoms with van der Waals surface area (Å²) in [6, 6.07) is 10.4. The first-order valence-corrected chi connectivity index (χ1v) is 10.7. The molecule has 2 aromatic carbocycles. The molecule has 0 unspecified atom stereocenters. The zero-order valence-corrected chi connectivity index (χ0v) is 17.3. The van der Waals surface area contributed by atoms with E-state index < -0.39 is 10.0 Å². The fourth-order valence-corrected chi connectivity index (χ4v) is 4.93. The van der Waals surface area contributed by atoms with Crippen LogP contribution in [0.1, 0.15) is 0 Å². The molecule has 0 atom stereocenters. The van der Waals surface area contributed by atoms with E-state index in [-0.39, 0.29) is 10.0 Å².